The van der Waals surface area contributed by atoms with Crippen LogP contribution in [0.25, 0.3) is 43.9 Å². The molecule has 4 aromatic carbocycles. The van der Waals surface area contributed by atoms with E-state index in [4.69, 9.17) is 33.1 Å². The number of aromatic nitrogens is 2. The topological polar surface area (TPSA) is 285 Å². The van der Waals surface area contributed by atoms with Crippen LogP contribution in [0.3, 0.4) is 0 Å². The Morgan fingerprint density at radius 2 is 1.57 bits per heavy atom. The molecule has 5 N–H and O–H groups in total. The van der Waals surface area contributed by atoms with Gasteiger partial charge >= 0.3 is 17.7 Å². The highest BCUT2D eigenvalue weighted by molar-refractivity contribution is 6.26. The zero-order valence-corrected chi connectivity index (χ0v) is 54.9. The summed E-state index contributed by atoms with van der Waals surface area (Å²) in [7, 11) is 3.47. The number of carbonyl (C=O) groups excluding carboxylic acids is 3. The number of fused-ring (bicyclic) bond motifs is 2. The monoisotopic (exact) mass is 1290 g/mol. The van der Waals surface area contributed by atoms with Gasteiger partial charge in [0.05, 0.1) is 52.5 Å². The fraction of sp³-hybridized carbons (Fsp3) is 0.493. The van der Waals surface area contributed by atoms with E-state index in [-0.39, 0.29) is 73.6 Å². The van der Waals surface area contributed by atoms with E-state index in [1.807, 2.05) is 31.0 Å². The molecule has 4 bridgehead atoms. The number of nitrogens with zero attached hydrogens (tertiary/aromatic N) is 6. The van der Waals surface area contributed by atoms with Crippen molar-refractivity contribution in [2.75, 3.05) is 94.8 Å². The molecule has 2 aromatic heterocycles. The number of benzene rings is 4. The minimum absolute atomic E-state index is 0.00683. The molecule has 23 nitrogen and oxygen atoms in total. The molecule has 93 heavy (non-hydrogen) atoms. The van der Waals surface area contributed by atoms with Gasteiger partial charge in [-0.2, -0.15) is 0 Å². The third-order valence-corrected chi connectivity index (χ3v) is 18.9. The zero-order valence-electron chi connectivity index (χ0n) is 54.9. The molecule has 0 radical (unpaired) electrons. The first kappa shape index (κ1) is 67.5. The average molecular weight is 1290 g/mol. The second kappa shape index (κ2) is 26.9. The Balaban J connectivity index is 0.000000300. The van der Waals surface area contributed by atoms with E-state index >= 15 is 0 Å². The van der Waals surface area contributed by atoms with Crippen LogP contribution in [0.1, 0.15) is 102 Å². The molecule has 0 saturated carbocycles. The maximum atomic E-state index is 15.0. The molecule has 1 amide bonds. The Labute approximate surface area is 537 Å². The van der Waals surface area contributed by atoms with Gasteiger partial charge in [0.25, 0.3) is 11.7 Å². The molecular formula is C69H84FN7O16. The third-order valence-electron chi connectivity index (χ3n) is 18.9. The Bertz CT molecular complexity index is 4170. The Morgan fingerprint density at radius 1 is 0.882 bits per heavy atom. The number of halogens is 1. The van der Waals surface area contributed by atoms with Crippen molar-refractivity contribution >= 4 is 84.6 Å². The number of aliphatic hydroxyl groups is 2. The SMILES string of the molecule is CO[C@H]1/C=C/O[C@@]2(C)Oc3c(C)c(=O)c4c(O)c(c5oc6cc(N7CCN(CC(C)C)CC7)ccc6nc5c4c3C2=O)NC(=O)/C(C)=C\C=C\[C@H](C)[C@H](O)[C@@H](C)[C@@H](O)[C@@H](C)[C@H](OC(C)=O)[C@@H]1C.C[C@H]1COc2c(N3CCN(C)CC3)c(F)cc3c(=O)c(C(=O)O)cn1c23. The van der Waals surface area contributed by atoms with Crippen LogP contribution < -0.4 is 35.4 Å². The molecule has 2 fully saturated rings. The second-order valence-corrected chi connectivity index (χ2v) is 26.0. The number of ketones is 1. The predicted molar refractivity (Wildman–Crippen MR) is 350 cm³/mol. The van der Waals surface area contributed by atoms with Gasteiger partial charge in [0.1, 0.15) is 46.4 Å². The largest absolute Gasteiger partial charge is 0.505 e. The maximum Gasteiger partial charge on any atom is 0.341 e. The van der Waals surface area contributed by atoms with Crippen LogP contribution >= 0.6 is 0 Å². The number of piperazine rings is 2. The van der Waals surface area contributed by atoms with Crippen LogP contribution in [-0.2, 0) is 23.8 Å². The molecule has 6 aromatic rings. The lowest BCUT2D eigenvalue weighted by atomic mass is 9.78. The number of methoxy groups -OCH3 is 1. The molecule has 5 aliphatic rings. The first-order valence-corrected chi connectivity index (χ1v) is 31.6. The number of aromatic carboxylic acids is 1. The number of Topliss-reactive ketones (excluding diaryl/α,β-unsaturated/α-hetero) is 1. The number of allylic oxidation sites excluding steroid dienone is 2. The quantitative estimate of drug-likeness (QED) is 0.0434. The number of likely N-dealkylation sites (N-methyl/N-ethyl adjacent to an activating group) is 1. The number of pyridine rings is 1. The molecule has 0 aliphatic carbocycles. The number of aliphatic hydroxyl groups excluding tert-OH is 2. The standard InChI is InChI=1S/C51H64N4O12.C18H20FN3O4/c1-25(2)24-54-18-20-55(21-19-54)33-15-16-34-36(23-33)66-48-40(52-34)37-38-44(59)31(8)47-39(37)49(61)51(10,67-47)64-22-17-35(63-11)28(5)46(65-32(9)56)30(7)43(58)29(6)42(57)26(3)13-12-14-27(4)50(62)53-41(48)45(38)60;1-10-9-26-17-14-11(16(23)12(18(24)25)8-22(10)14)7-13(19)15(17)21-5-3-20(2)4-6-21/h12-17,22-23,25-26,28-30,35,42-43,46,57-58,60H,18-21,24H2,1-11H3,(H,53,62);7-8,10H,3-6,9H2,1-2H3,(H,24,25)/b13-12+,22-17+,27-14-;/t26-,28+,29+,30+,35-,42-,43+,46+,51-;10-/m00/s1. The van der Waals surface area contributed by atoms with Crippen molar-refractivity contribution in [2.24, 2.45) is 29.6 Å². The van der Waals surface area contributed by atoms with Gasteiger partial charge in [-0.25, -0.2) is 14.2 Å². The number of carboxylic acid groups (broad SMARTS) is 1. The molecule has 2 saturated heterocycles. The first-order valence-electron chi connectivity index (χ1n) is 31.6. The highest BCUT2D eigenvalue weighted by Gasteiger charge is 2.50. The van der Waals surface area contributed by atoms with E-state index in [0.29, 0.717) is 47.1 Å². The van der Waals surface area contributed by atoms with Gasteiger partial charge in [-0.05, 0) is 58.0 Å². The fourth-order valence-corrected chi connectivity index (χ4v) is 13.4. The summed E-state index contributed by atoms with van der Waals surface area (Å²) in [6.07, 6.45) is 5.05. The summed E-state index contributed by atoms with van der Waals surface area (Å²) >= 11 is 0. The number of esters is 1. The summed E-state index contributed by atoms with van der Waals surface area (Å²) < 4.78 is 53.1. The van der Waals surface area contributed by atoms with E-state index in [1.165, 1.54) is 52.5 Å². The summed E-state index contributed by atoms with van der Waals surface area (Å²) in [5.74, 6) is -8.13. The minimum Gasteiger partial charge on any atom is -0.505 e. The minimum atomic E-state index is -2.03. The third kappa shape index (κ3) is 12.9. The van der Waals surface area contributed by atoms with Crippen LogP contribution in [-0.4, -0.2) is 173 Å². The zero-order chi connectivity index (χ0) is 67.4. The summed E-state index contributed by atoms with van der Waals surface area (Å²) in [5.41, 5.74) is 0.546. The van der Waals surface area contributed by atoms with Gasteiger partial charge in [-0.15, -0.1) is 0 Å². The normalized spacial score (nSPS) is 27.1. The van der Waals surface area contributed by atoms with E-state index in [2.05, 4.69) is 33.9 Å². The Kier molecular flexibility index (Phi) is 19.5. The van der Waals surface area contributed by atoms with Gasteiger partial charge in [-0.3, -0.25) is 28.9 Å². The lowest BCUT2D eigenvalue weighted by molar-refractivity contribution is -0.160. The van der Waals surface area contributed by atoms with Crippen LogP contribution in [0.15, 0.2) is 80.6 Å². The Hall–Kier alpha value is -8.42. The number of anilines is 3. The number of nitrogens with one attached hydrogen (secondary N) is 1. The molecule has 0 unspecified atom stereocenters. The molecular weight excluding hydrogens is 1200 g/mol. The molecule has 5 aliphatic heterocycles. The van der Waals surface area contributed by atoms with Crippen molar-refractivity contribution in [3.05, 3.63) is 110 Å². The summed E-state index contributed by atoms with van der Waals surface area (Å²) in [5, 5.41) is 47.1. The predicted octanol–water partition coefficient (Wildman–Crippen LogP) is 8.32. The number of carbonyl (C=O) groups is 4. The summed E-state index contributed by atoms with van der Waals surface area (Å²) in [6, 6.07) is 6.58. The number of aromatic hydroxyl groups is 1. The van der Waals surface area contributed by atoms with E-state index in [9.17, 15) is 53.6 Å². The number of rotatable bonds is 7. The lowest BCUT2D eigenvalue weighted by Gasteiger charge is -2.38. The number of phenolic OH excluding ortho intramolecular Hbond substituents is 1. The number of hydrogen-bond acceptors (Lipinski definition) is 20. The molecule has 0 spiro atoms. The second-order valence-electron chi connectivity index (χ2n) is 26.0. The Morgan fingerprint density at radius 3 is 2.23 bits per heavy atom. The molecule has 7 heterocycles. The van der Waals surface area contributed by atoms with Crippen LogP contribution in [0.2, 0.25) is 0 Å². The number of phenols is 1. The van der Waals surface area contributed by atoms with Crippen molar-refractivity contribution in [3.8, 4) is 17.2 Å². The number of carboxylic acids is 1. The van der Waals surface area contributed by atoms with Crippen molar-refractivity contribution in [2.45, 2.75) is 112 Å². The van der Waals surface area contributed by atoms with Crippen molar-refractivity contribution in [1.82, 2.24) is 19.4 Å². The number of amides is 1. The highest BCUT2D eigenvalue weighted by Crippen LogP contribution is 2.49. The maximum absolute atomic E-state index is 15.0. The lowest BCUT2D eigenvalue weighted by Crippen LogP contribution is -2.47. The average Bonchev–Trinajstić information content (AvgIpc) is 1.71. The van der Waals surface area contributed by atoms with Gasteiger partial charge in [-0.1, -0.05) is 59.8 Å². The molecule has 24 heteroatoms. The van der Waals surface area contributed by atoms with Crippen LogP contribution in [0.4, 0.5) is 21.5 Å². The van der Waals surface area contributed by atoms with Crippen LogP contribution in [0.5, 0.6) is 17.2 Å². The van der Waals surface area contributed by atoms with Gasteiger partial charge in [0.2, 0.25) is 5.43 Å². The molecule has 10 atom stereocenters. The van der Waals surface area contributed by atoms with E-state index in [1.54, 1.807) is 57.4 Å². The highest BCUT2D eigenvalue weighted by atomic mass is 19.1. The van der Waals surface area contributed by atoms with Gasteiger partial charge in [0, 0.05) is 138 Å². The van der Waals surface area contributed by atoms with Crippen molar-refractivity contribution in [1.29, 1.82) is 0 Å². The van der Waals surface area contributed by atoms with Gasteiger partial charge in [0.15, 0.2) is 33.9 Å². The number of hydrogen-bond donors (Lipinski definition) is 5. The summed E-state index contributed by atoms with van der Waals surface area (Å²) in [4.78, 5) is 93.5. The van der Waals surface area contributed by atoms with Crippen molar-refractivity contribution < 1.29 is 72.1 Å². The molecule has 498 valence electrons. The van der Waals surface area contributed by atoms with Gasteiger partial charge < -0.3 is 73.1 Å². The smallest absolute Gasteiger partial charge is 0.341 e. The van der Waals surface area contributed by atoms with E-state index in [0.717, 1.165) is 57.6 Å². The first-order chi connectivity index (χ1) is 44.0. The van der Waals surface area contributed by atoms with Crippen molar-refractivity contribution in [3.63, 3.8) is 0 Å². The number of ether oxygens (including phenoxy) is 5. The summed E-state index contributed by atoms with van der Waals surface area (Å²) in [6.45, 7) is 26.5. The fourth-order valence-electron chi connectivity index (χ4n) is 13.4. The van der Waals surface area contributed by atoms with Crippen LogP contribution in [0, 0.1) is 42.3 Å². The van der Waals surface area contributed by atoms with E-state index < -0.39 is 99.9 Å². The molecule has 11 rings (SSSR count).